The summed E-state index contributed by atoms with van der Waals surface area (Å²) in [5.41, 5.74) is 0.263. The first kappa shape index (κ1) is 21.3. The Kier molecular flexibility index (Phi) is 6.00. The number of ether oxygens (including phenoxy) is 1. The number of hydrogen-bond acceptors (Lipinski definition) is 5. The highest BCUT2D eigenvalue weighted by molar-refractivity contribution is 5.70. The van der Waals surface area contributed by atoms with Crippen LogP contribution in [0.2, 0.25) is 0 Å². The van der Waals surface area contributed by atoms with Gasteiger partial charge in [-0.25, -0.2) is 9.78 Å². The van der Waals surface area contributed by atoms with Crippen molar-refractivity contribution in [1.82, 2.24) is 18.7 Å². The van der Waals surface area contributed by atoms with Crippen LogP contribution in [0.3, 0.4) is 0 Å². The van der Waals surface area contributed by atoms with E-state index in [4.69, 9.17) is 4.74 Å². The molecule has 2 aromatic rings. The Morgan fingerprint density at radius 2 is 1.79 bits per heavy atom. The third-order valence-electron chi connectivity index (χ3n) is 6.19. The number of fused-ring (bicyclic) bond motifs is 1. The summed E-state index contributed by atoms with van der Waals surface area (Å²) in [5.74, 6) is 0.500. The van der Waals surface area contributed by atoms with Crippen LogP contribution in [-0.4, -0.2) is 30.8 Å². The molecule has 8 nitrogen and oxygen atoms in total. The fraction of sp³-hybridized carbons (Fsp3) is 0.714. The molecule has 2 aromatic heterocycles. The second kappa shape index (κ2) is 8.16. The summed E-state index contributed by atoms with van der Waals surface area (Å²) in [6, 6.07) is 0. The number of rotatable bonds is 5. The summed E-state index contributed by atoms with van der Waals surface area (Å²) in [6.45, 7) is 7.29. The fourth-order valence-corrected chi connectivity index (χ4v) is 4.25. The largest absolute Gasteiger partial charge is 0.462 e. The quantitative estimate of drug-likeness (QED) is 0.714. The van der Waals surface area contributed by atoms with E-state index in [2.05, 4.69) is 25.8 Å². The molecule has 0 radical (unpaired) electrons. The van der Waals surface area contributed by atoms with Crippen molar-refractivity contribution in [3.05, 3.63) is 27.2 Å². The Hall–Kier alpha value is -2.38. The maximum atomic E-state index is 12.4. The SMILES string of the molecule is Cn1c(=O)c2c(ncn2CCCC(=O)OC2CCC(C(C)(C)C)CC2)n(C)c1=O. The Bertz CT molecular complexity index is 1000. The highest BCUT2D eigenvalue weighted by Crippen LogP contribution is 2.38. The van der Waals surface area contributed by atoms with Crippen molar-refractivity contribution in [3.8, 4) is 0 Å². The molecule has 0 saturated heterocycles. The summed E-state index contributed by atoms with van der Waals surface area (Å²) in [7, 11) is 3.04. The number of imidazole rings is 1. The lowest BCUT2D eigenvalue weighted by Crippen LogP contribution is -2.37. The molecule has 1 aliphatic carbocycles. The molecule has 3 rings (SSSR count). The highest BCUT2D eigenvalue weighted by Gasteiger charge is 2.31. The Labute approximate surface area is 170 Å². The molecule has 0 aromatic carbocycles. The zero-order valence-electron chi connectivity index (χ0n) is 18.1. The van der Waals surface area contributed by atoms with Crippen molar-refractivity contribution < 1.29 is 9.53 Å². The molecular weight excluding hydrogens is 372 g/mol. The third-order valence-corrected chi connectivity index (χ3v) is 6.19. The minimum atomic E-state index is -0.405. The second-order valence-corrected chi connectivity index (χ2v) is 9.25. The van der Waals surface area contributed by atoms with E-state index in [1.165, 1.54) is 11.6 Å². The number of aryl methyl sites for hydroxylation is 2. The van der Waals surface area contributed by atoms with Crippen LogP contribution in [0.5, 0.6) is 0 Å². The summed E-state index contributed by atoms with van der Waals surface area (Å²) in [4.78, 5) is 40.9. The van der Waals surface area contributed by atoms with E-state index in [0.29, 0.717) is 41.9 Å². The lowest BCUT2D eigenvalue weighted by molar-refractivity contribution is -0.151. The number of carbonyl (C=O) groups is 1. The van der Waals surface area contributed by atoms with Gasteiger partial charge in [0.05, 0.1) is 6.33 Å². The zero-order valence-corrected chi connectivity index (χ0v) is 18.1. The van der Waals surface area contributed by atoms with Gasteiger partial charge in [-0.2, -0.15) is 0 Å². The van der Waals surface area contributed by atoms with Gasteiger partial charge in [0.1, 0.15) is 6.10 Å². The number of hydrogen-bond donors (Lipinski definition) is 0. The first-order valence-corrected chi connectivity index (χ1v) is 10.4. The van der Waals surface area contributed by atoms with E-state index in [9.17, 15) is 14.4 Å². The van der Waals surface area contributed by atoms with E-state index >= 15 is 0 Å². The molecule has 1 fully saturated rings. The molecule has 1 saturated carbocycles. The smallest absolute Gasteiger partial charge is 0.332 e. The second-order valence-electron chi connectivity index (χ2n) is 9.25. The third kappa shape index (κ3) is 4.46. The van der Waals surface area contributed by atoms with Crippen molar-refractivity contribution in [2.75, 3.05) is 0 Å². The fourth-order valence-electron chi connectivity index (χ4n) is 4.25. The molecule has 0 unspecified atom stereocenters. The monoisotopic (exact) mass is 404 g/mol. The highest BCUT2D eigenvalue weighted by atomic mass is 16.5. The van der Waals surface area contributed by atoms with Crippen molar-refractivity contribution in [3.63, 3.8) is 0 Å². The van der Waals surface area contributed by atoms with Gasteiger partial charge in [-0.05, 0) is 43.4 Å². The zero-order chi connectivity index (χ0) is 21.3. The van der Waals surface area contributed by atoms with E-state index in [0.717, 1.165) is 30.3 Å². The van der Waals surface area contributed by atoms with E-state index in [1.54, 1.807) is 17.9 Å². The normalized spacial score (nSPS) is 20.2. The first-order chi connectivity index (χ1) is 13.6. The molecule has 8 heteroatoms. The maximum absolute atomic E-state index is 12.4. The van der Waals surface area contributed by atoms with E-state index in [1.807, 2.05) is 0 Å². The lowest BCUT2D eigenvalue weighted by atomic mass is 9.72. The van der Waals surface area contributed by atoms with Gasteiger partial charge in [-0.1, -0.05) is 20.8 Å². The Balaban J connectivity index is 1.54. The molecule has 2 heterocycles. The van der Waals surface area contributed by atoms with Crippen LogP contribution in [0, 0.1) is 11.3 Å². The van der Waals surface area contributed by atoms with Crippen molar-refractivity contribution in [2.45, 2.75) is 71.9 Å². The summed E-state index contributed by atoms with van der Waals surface area (Å²) < 4.78 is 9.80. The Morgan fingerprint density at radius 3 is 2.41 bits per heavy atom. The van der Waals surface area contributed by atoms with Gasteiger partial charge in [-0.15, -0.1) is 0 Å². The van der Waals surface area contributed by atoms with Crippen LogP contribution < -0.4 is 11.2 Å². The van der Waals surface area contributed by atoms with Gasteiger partial charge in [0.2, 0.25) is 0 Å². The number of nitrogens with zero attached hydrogens (tertiary/aromatic N) is 4. The molecule has 0 atom stereocenters. The summed E-state index contributed by atoms with van der Waals surface area (Å²) in [5, 5.41) is 0. The predicted octanol–water partition coefficient (Wildman–Crippen LogP) is 2.36. The van der Waals surface area contributed by atoms with Crippen LogP contribution in [0.1, 0.15) is 59.3 Å². The maximum Gasteiger partial charge on any atom is 0.332 e. The number of carbonyl (C=O) groups excluding carboxylic acids is 1. The Morgan fingerprint density at radius 1 is 1.14 bits per heavy atom. The topological polar surface area (TPSA) is 88.1 Å². The van der Waals surface area contributed by atoms with Gasteiger partial charge >= 0.3 is 11.7 Å². The molecule has 0 spiro atoms. The van der Waals surface area contributed by atoms with E-state index in [-0.39, 0.29) is 17.6 Å². The predicted molar refractivity (Wildman–Crippen MR) is 111 cm³/mol. The molecule has 160 valence electrons. The van der Waals surface area contributed by atoms with Gasteiger partial charge in [-0.3, -0.25) is 18.7 Å². The van der Waals surface area contributed by atoms with Gasteiger partial charge < -0.3 is 9.30 Å². The minimum Gasteiger partial charge on any atom is -0.462 e. The van der Waals surface area contributed by atoms with Crippen LogP contribution in [0.15, 0.2) is 15.9 Å². The molecule has 0 aliphatic heterocycles. The van der Waals surface area contributed by atoms with Crippen LogP contribution in [-0.2, 0) is 30.2 Å². The van der Waals surface area contributed by atoms with Crippen LogP contribution in [0.4, 0.5) is 0 Å². The summed E-state index contributed by atoms with van der Waals surface area (Å²) in [6.07, 6.45) is 6.49. The number of esters is 1. The van der Waals surface area contributed by atoms with Crippen LogP contribution in [0.25, 0.3) is 11.2 Å². The van der Waals surface area contributed by atoms with E-state index < -0.39 is 5.69 Å². The minimum absolute atomic E-state index is 0.0250. The standard InChI is InChI=1S/C21H32N4O4/c1-21(2,3)14-8-10-15(11-9-14)29-16(26)7-6-12-25-13-22-18-17(25)19(27)24(5)20(28)23(18)4/h13-15H,6-12H2,1-5H3. The molecule has 29 heavy (non-hydrogen) atoms. The van der Waals surface area contributed by atoms with Crippen molar-refractivity contribution in [1.29, 1.82) is 0 Å². The summed E-state index contributed by atoms with van der Waals surface area (Å²) >= 11 is 0. The van der Waals surface area contributed by atoms with Crippen molar-refractivity contribution >= 4 is 17.1 Å². The average molecular weight is 405 g/mol. The van der Waals surface area contributed by atoms with Crippen LogP contribution >= 0.6 is 0 Å². The first-order valence-electron chi connectivity index (χ1n) is 10.4. The lowest BCUT2D eigenvalue weighted by Gasteiger charge is -2.36. The van der Waals surface area contributed by atoms with Gasteiger partial charge in [0, 0.05) is 27.1 Å². The average Bonchev–Trinajstić information content (AvgIpc) is 3.08. The molecule has 0 bridgehead atoms. The molecule has 0 N–H and O–H groups in total. The molecule has 1 aliphatic rings. The molecular formula is C21H32N4O4. The van der Waals surface area contributed by atoms with Crippen molar-refractivity contribution in [2.24, 2.45) is 25.4 Å². The van der Waals surface area contributed by atoms with Gasteiger partial charge in [0.15, 0.2) is 11.2 Å². The number of aromatic nitrogens is 4. The molecule has 0 amide bonds. The van der Waals surface area contributed by atoms with Gasteiger partial charge in [0.25, 0.3) is 5.56 Å².